The van der Waals surface area contributed by atoms with Gasteiger partial charge < -0.3 is 15.1 Å². The maximum Gasteiger partial charge on any atom is 0.469 e. The fourth-order valence-electron chi connectivity index (χ4n) is 1.07. The Morgan fingerprint density at radius 2 is 1.94 bits per heavy atom. The van der Waals surface area contributed by atoms with Gasteiger partial charge in [0.2, 0.25) is 0 Å². The summed E-state index contributed by atoms with van der Waals surface area (Å²) < 4.78 is 15.8. The van der Waals surface area contributed by atoms with Gasteiger partial charge in [0.25, 0.3) is 0 Å². The van der Waals surface area contributed by atoms with Crippen LogP contribution in [0.5, 0.6) is 0 Å². The first kappa shape index (κ1) is 14.1. The number of benzene rings is 1. The summed E-state index contributed by atoms with van der Waals surface area (Å²) >= 11 is 2.23. The van der Waals surface area contributed by atoms with Crippen LogP contribution < -0.4 is 5.32 Å². The number of hydrogen-bond acceptors (Lipinski definition) is 3. The molecule has 1 rings (SSSR count). The third-order valence-corrected chi connectivity index (χ3v) is 3.02. The molecule has 0 radical (unpaired) electrons. The van der Waals surface area contributed by atoms with Gasteiger partial charge in [-0.25, -0.2) is 4.57 Å². The average Bonchev–Trinajstić information content (AvgIpc) is 2.19. The van der Waals surface area contributed by atoms with Crippen LogP contribution in [0.25, 0.3) is 0 Å². The summed E-state index contributed by atoms with van der Waals surface area (Å²) in [5, 5.41) is 3.02. The van der Waals surface area contributed by atoms with Gasteiger partial charge in [0.15, 0.2) is 0 Å². The molecule has 0 unspecified atom stereocenters. The van der Waals surface area contributed by atoms with Crippen molar-refractivity contribution in [1.29, 1.82) is 0 Å². The second-order valence-electron chi connectivity index (χ2n) is 3.13. The second kappa shape index (κ2) is 6.68. The molecule has 0 atom stereocenters. The molecule has 0 saturated carbocycles. The molecule has 0 aliphatic carbocycles. The van der Waals surface area contributed by atoms with E-state index in [-0.39, 0.29) is 6.61 Å². The van der Waals surface area contributed by atoms with Crippen molar-refractivity contribution in [2.24, 2.45) is 0 Å². The van der Waals surface area contributed by atoms with Crippen LogP contribution in [0.15, 0.2) is 24.3 Å². The van der Waals surface area contributed by atoms with Crippen molar-refractivity contribution >= 4 is 30.4 Å². The Kier molecular flexibility index (Phi) is 5.88. The third kappa shape index (κ3) is 6.57. The average molecular weight is 357 g/mol. The monoisotopic (exact) mass is 357 g/mol. The van der Waals surface area contributed by atoms with E-state index in [0.29, 0.717) is 13.1 Å². The van der Waals surface area contributed by atoms with Crippen molar-refractivity contribution < 1.29 is 18.9 Å². The lowest BCUT2D eigenvalue weighted by atomic mass is 10.2. The molecule has 7 heteroatoms. The Morgan fingerprint density at radius 3 is 2.50 bits per heavy atom. The van der Waals surface area contributed by atoms with Crippen molar-refractivity contribution in [3.05, 3.63) is 33.4 Å². The van der Waals surface area contributed by atoms with E-state index in [4.69, 9.17) is 9.79 Å². The van der Waals surface area contributed by atoms with Gasteiger partial charge in [0, 0.05) is 16.7 Å². The van der Waals surface area contributed by atoms with Crippen molar-refractivity contribution in [3.63, 3.8) is 0 Å². The number of rotatable bonds is 6. The zero-order chi connectivity index (χ0) is 12.0. The quantitative estimate of drug-likeness (QED) is 0.409. The van der Waals surface area contributed by atoms with E-state index in [1.165, 1.54) is 3.57 Å². The van der Waals surface area contributed by atoms with Crippen LogP contribution in [-0.2, 0) is 15.6 Å². The fourth-order valence-corrected chi connectivity index (χ4v) is 1.76. The van der Waals surface area contributed by atoms with Crippen molar-refractivity contribution in [2.45, 2.75) is 6.54 Å². The number of phosphoric acid groups is 1. The second-order valence-corrected chi connectivity index (χ2v) is 5.61. The summed E-state index contributed by atoms with van der Waals surface area (Å²) in [4.78, 5) is 16.8. The van der Waals surface area contributed by atoms with Gasteiger partial charge in [0.1, 0.15) is 0 Å². The molecule has 0 aliphatic heterocycles. The van der Waals surface area contributed by atoms with Gasteiger partial charge in [0.05, 0.1) is 6.61 Å². The predicted molar refractivity (Wildman–Crippen MR) is 68.9 cm³/mol. The van der Waals surface area contributed by atoms with E-state index in [0.717, 1.165) is 5.56 Å². The summed E-state index contributed by atoms with van der Waals surface area (Å²) in [6.07, 6.45) is 0. The molecule has 0 amide bonds. The number of phosphoric ester groups is 1. The van der Waals surface area contributed by atoms with Crippen LogP contribution in [0.2, 0.25) is 0 Å². The molecule has 1 aromatic rings. The molecule has 0 fully saturated rings. The van der Waals surface area contributed by atoms with Crippen molar-refractivity contribution in [3.8, 4) is 0 Å². The molecule has 0 aromatic heterocycles. The zero-order valence-electron chi connectivity index (χ0n) is 8.47. The molecule has 3 N–H and O–H groups in total. The van der Waals surface area contributed by atoms with E-state index in [1.807, 2.05) is 24.3 Å². The largest absolute Gasteiger partial charge is 0.469 e. The molecule has 0 saturated heterocycles. The van der Waals surface area contributed by atoms with Gasteiger partial charge in [-0.2, -0.15) is 0 Å². The minimum absolute atomic E-state index is 0.00531. The van der Waals surface area contributed by atoms with Crippen LogP contribution >= 0.6 is 30.4 Å². The molecule has 5 nitrogen and oxygen atoms in total. The van der Waals surface area contributed by atoms with Gasteiger partial charge in [-0.1, -0.05) is 12.1 Å². The van der Waals surface area contributed by atoms with E-state index in [9.17, 15) is 4.57 Å². The zero-order valence-corrected chi connectivity index (χ0v) is 11.5. The maximum absolute atomic E-state index is 10.3. The highest BCUT2D eigenvalue weighted by Crippen LogP contribution is 2.35. The SMILES string of the molecule is O=P(O)(O)OCCNCc1ccc(I)cc1. The summed E-state index contributed by atoms with van der Waals surface area (Å²) in [5.41, 5.74) is 1.12. The first-order valence-corrected chi connectivity index (χ1v) is 7.23. The number of hydrogen-bond donors (Lipinski definition) is 3. The van der Waals surface area contributed by atoms with Gasteiger partial charge in [-0.3, -0.25) is 4.52 Å². The Balaban J connectivity index is 2.16. The predicted octanol–water partition coefficient (Wildman–Crippen LogP) is 1.49. The van der Waals surface area contributed by atoms with Crippen molar-refractivity contribution in [2.75, 3.05) is 13.2 Å². The van der Waals surface area contributed by atoms with Crippen LogP contribution in [0, 0.1) is 3.57 Å². The highest BCUT2D eigenvalue weighted by Gasteiger charge is 2.12. The summed E-state index contributed by atoms with van der Waals surface area (Å²) in [5.74, 6) is 0. The topological polar surface area (TPSA) is 78.8 Å². The highest BCUT2D eigenvalue weighted by atomic mass is 127. The minimum Gasteiger partial charge on any atom is -0.310 e. The summed E-state index contributed by atoms with van der Waals surface area (Å²) in [7, 11) is -4.33. The number of nitrogens with one attached hydrogen (secondary N) is 1. The Morgan fingerprint density at radius 1 is 1.31 bits per heavy atom. The lowest BCUT2D eigenvalue weighted by molar-refractivity contribution is 0.197. The molecule has 1 aromatic carbocycles. The first-order chi connectivity index (χ1) is 7.47. The molecule has 0 spiro atoms. The third-order valence-electron chi connectivity index (χ3n) is 1.78. The van der Waals surface area contributed by atoms with Gasteiger partial charge in [-0.15, -0.1) is 0 Å². The minimum atomic E-state index is -4.33. The molecule has 90 valence electrons. The van der Waals surface area contributed by atoms with Crippen LogP contribution in [0.3, 0.4) is 0 Å². The van der Waals surface area contributed by atoms with E-state index < -0.39 is 7.82 Å². The summed E-state index contributed by atoms with van der Waals surface area (Å²) in [6, 6.07) is 8.00. The van der Waals surface area contributed by atoms with E-state index in [1.54, 1.807) is 0 Å². The van der Waals surface area contributed by atoms with Crippen LogP contribution in [-0.4, -0.2) is 22.9 Å². The Labute approximate surface area is 108 Å². The molecule has 16 heavy (non-hydrogen) atoms. The number of halogens is 1. The van der Waals surface area contributed by atoms with Crippen molar-refractivity contribution in [1.82, 2.24) is 5.32 Å². The van der Waals surface area contributed by atoms with Gasteiger partial charge in [-0.05, 0) is 40.3 Å². The Bertz CT molecular complexity index is 364. The fraction of sp³-hybridized carbons (Fsp3) is 0.333. The molecule has 0 heterocycles. The van der Waals surface area contributed by atoms with E-state index in [2.05, 4.69) is 32.4 Å². The standard InChI is InChI=1S/C9H13INO4P/c10-9-3-1-8(2-4-9)7-11-5-6-15-16(12,13)14/h1-4,11H,5-7H2,(H2,12,13,14). The lowest BCUT2D eigenvalue weighted by Gasteiger charge is -2.06. The smallest absolute Gasteiger partial charge is 0.310 e. The molecular formula is C9H13INO4P. The van der Waals surface area contributed by atoms with Gasteiger partial charge >= 0.3 is 7.82 Å². The maximum atomic E-state index is 10.3. The van der Waals surface area contributed by atoms with Crippen LogP contribution in [0.1, 0.15) is 5.56 Å². The van der Waals surface area contributed by atoms with E-state index >= 15 is 0 Å². The van der Waals surface area contributed by atoms with Crippen LogP contribution in [0.4, 0.5) is 0 Å². The first-order valence-electron chi connectivity index (χ1n) is 4.62. The lowest BCUT2D eigenvalue weighted by Crippen LogP contribution is -2.18. The molecule has 0 bridgehead atoms. The molecule has 0 aliphatic rings. The molecular weight excluding hydrogens is 344 g/mol. The normalized spacial score (nSPS) is 11.7. The Hall–Kier alpha value is 0.0200. The summed E-state index contributed by atoms with van der Waals surface area (Å²) in [6.45, 7) is 1.05. The highest BCUT2D eigenvalue weighted by molar-refractivity contribution is 14.1.